The number of hydrogen-bond donors (Lipinski definition) is 2. The number of fused-ring (bicyclic) bond motifs is 1. The van der Waals surface area contributed by atoms with Crippen LogP contribution in [0.25, 0.3) is 0 Å². The molecule has 0 radical (unpaired) electrons. The number of para-hydroxylation sites is 1. The Kier molecular flexibility index (Phi) is 3.27. The van der Waals surface area contributed by atoms with Gasteiger partial charge in [0.1, 0.15) is 4.90 Å². The van der Waals surface area contributed by atoms with E-state index in [4.69, 9.17) is 0 Å². The van der Waals surface area contributed by atoms with E-state index in [1.807, 2.05) is 31.2 Å². The fourth-order valence-corrected chi connectivity index (χ4v) is 3.99. The van der Waals surface area contributed by atoms with Crippen molar-refractivity contribution in [3.63, 3.8) is 0 Å². The van der Waals surface area contributed by atoms with Crippen molar-refractivity contribution in [2.24, 2.45) is 0 Å². The fourth-order valence-electron chi connectivity index (χ4n) is 2.42. The first kappa shape index (κ1) is 13.2. The Morgan fingerprint density at radius 1 is 1.25 bits per heavy atom. The van der Waals surface area contributed by atoms with E-state index in [2.05, 4.69) is 10.3 Å². The van der Waals surface area contributed by atoms with E-state index in [-0.39, 0.29) is 6.04 Å². The van der Waals surface area contributed by atoms with Crippen LogP contribution < -0.4 is 9.62 Å². The van der Waals surface area contributed by atoms with Gasteiger partial charge < -0.3 is 10.3 Å². The molecule has 20 heavy (non-hydrogen) atoms. The number of nitrogens with one attached hydrogen (secondary N) is 2. The average Bonchev–Trinajstić information content (AvgIpc) is 2.92. The topological polar surface area (TPSA) is 65.2 Å². The second kappa shape index (κ2) is 4.96. The number of hydrogen-bond acceptors (Lipinski definition) is 3. The van der Waals surface area contributed by atoms with E-state index in [9.17, 15) is 8.42 Å². The van der Waals surface area contributed by atoms with E-state index in [1.54, 1.807) is 12.3 Å². The number of anilines is 1. The summed E-state index contributed by atoms with van der Waals surface area (Å²) in [6.07, 6.45) is 3.14. The molecule has 2 N–H and O–H groups in total. The molecule has 1 aromatic heterocycles. The Morgan fingerprint density at radius 3 is 2.80 bits per heavy atom. The van der Waals surface area contributed by atoms with E-state index in [0.717, 1.165) is 11.3 Å². The summed E-state index contributed by atoms with van der Waals surface area (Å²) >= 11 is 0. The van der Waals surface area contributed by atoms with Gasteiger partial charge >= 0.3 is 0 Å². The second-order valence-corrected chi connectivity index (χ2v) is 6.86. The van der Waals surface area contributed by atoms with Crippen LogP contribution in [-0.2, 0) is 16.6 Å². The molecule has 0 saturated heterocycles. The molecule has 1 atom stereocenters. The van der Waals surface area contributed by atoms with Crippen LogP contribution >= 0.6 is 0 Å². The highest BCUT2D eigenvalue weighted by atomic mass is 32.2. The second-order valence-electron chi connectivity index (χ2n) is 4.99. The first-order valence-electron chi connectivity index (χ1n) is 6.56. The Morgan fingerprint density at radius 2 is 2.05 bits per heavy atom. The third-order valence-electron chi connectivity index (χ3n) is 3.50. The number of rotatable bonds is 2. The Bertz CT molecular complexity index is 695. The molecule has 2 aromatic rings. The molecule has 1 aliphatic rings. The van der Waals surface area contributed by atoms with Crippen LogP contribution in [0.15, 0.2) is 47.6 Å². The van der Waals surface area contributed by atoms with Crippen molar-refractivity contribution in [2.75, 3.05) is 10.8 Å². The van der Waals surface area contributed by atoms with E-state index in [0.29, 0.717) is 18.0 Å². The molecule has 3 rings (SSSR count). The molecular weight excluding hydrogens is 274 g/mol. The SMILES string of the molecule is CC1CN(S(=O)(=O)c2cc[nH]c2)c2ccccc2CN1. The maximum Gasteiger partial charge on any atom is 0.265 e. The number of benzene rings is 1. The van der Waals surface area contributed by atoms with Gasteiger partial charge in [0.2, 0.25) is 0 Å². The first-order chi connectivity index (χ1) is 9.59. The lowest BCUT2D eigenvalue weighted by atomic mass is 10.2. The summed E-state index contributed by atoms with van der Waals surface area (Å²) in [5, 5.41) is 3.33. The van der Waals surface area contributed by atoms with E-state index in [1.165, 1.54) is 10.5 Å². The van der Waals surface area contributed by atoms with Crippen molar-refractivity contribution in [2.45, 2.75) is 24.4 Å². The van der Waals surface area contributed by atoms with Gasteiger partial charge in [-0.05, 0) is 24.6 Å². The minimum Gasteiger partial charge on any atom is -0.366 e. The highest BCUT2D eigenvalue weighted by Crippen LogP contribution is 2.29. The molecule has 0 saturated carbocycles. The summed E-state index contributed by atoms with van der Waals surface area (Å²) in [5.41, 5.74) is 1.75. The molecule has 0 fully saturated rings. The van der Waals surface area contributed by atoms with Gasteiger partial charge in [-0.2, -0.15) is 0 Å². The normalized spacial score (nSPS) is 19.4. The van der Waals surface area contributed by atoms with Crippen LogP contribution in [0.5, 0.6) is 0 Å². The third kappa shape index (κ3) is 2.21. The quantitative estimate of drug-likeness (QED) is 0.885. The molecule has 0 bridgehead atoms. The average molecular weight is 291 g/mol. The van der Waals surface area contributed by atoms with Gasteiger partial charge in [0.25, 0.3) is 10.0 Å². The molecule has 2 heterocycles. The van der Waals surface area contributed by atoms with Crippen molar-refractivity contribution in [1.82, 2.24) is 10.3 Å². The Labute approximate surface area is 118 Å². The molecule has 0 spiro atoms. The predicted molar refractivity (Wildman–Crippen MR) is 78.1 cm³/mol. The number of H-pyrrole nitrogens is 1. The smallest absolute Gasteiger partial charge is 0.265 e. The van der Waals surface area contributed by atoms with Crippen LogP contribution in [0.1, 0.15) is 12.5 Å². The zero-order chi connectivity index (χ0) is 14.2. The van der Waals surface area contributed by atoms with Crippen molar-refractivity contribution in [1.29, 1.82) is 0 Å². The number of aromatic amines is 1. The summed E-state index contributed by atoms with van der Waals surface area (Å²) < 4.78 is 27.1. The molecule has 5 nitrogen and oxygen atoms in total. The van der Waals surface area contributed by atoms with E-state index < -0.39 is 10.0 Å². The van der Waals surface area contributed by atoms with Crippen molar-refractivity contribution < 1.29 is 8.42 Å². The minimum atomic E-state index is -3.53. The molecule has 0 amide bonds. The summed E-state index contributed by atoms with van der Waals surface area (Å²) in [6, 6.07) is 9.29. The number of nitrogens with zero attached hydrogens (tertiary/aromatic N) is 1. The maximum absolute atomic E-state index is 12.8. The predicted octanol–water partition coefficient (Wildman–Crippen LogP) is 1.70. The highest BCUT2D eigenvalue weighted by Gasteiger charge is 2.30. The van der Waals surface area contributed by atoms with Crippen LogP contribution in [0.2, 0.25) is 0 Å². The number of sulfonamides is 1. The van der Waals surface area contributed by atoms with Gasteiger partial charge in [-0.1, -0.05) is 18.2 Å². The van der Waals surface area contributed by atoms with Gasteiger partial charge in [-0.15, -0.1) is 0 Å². The Balaban J connectivity index is 2.12. The van der Waals surface area contributed by atoms with E-state index >= 15 is 0 Å². The summed E-state index contributed by atoms with van der Waals surface area (Å²) in [6.45, 7) is 3.09. The van der Waals surface area contributed by atoms with Gasteiger partial charge in [0.05, 0.1) is 5.69 Å². The van der Waals surface area contributed by atoms with Crippen LogP contribution in [0, 0.1) is 0 Å². The molecule has 0 aliphatic carbocycles. The first-order valence-corrected chi connectivity index (χ1v) is 8.00. The van der Waals surface area contributed by atoms with Gasteiger partial charge in [-0.3, -0.25) is 4.31 Å². The lowest BCUT2D eigenvalue weighted by Gasteiger charge is -2.25. The Hall–Kier alpha value is -1.79. The van der Waals surface area contributed by atoms with Crippen molar-refractivity contribution in [3.05, 3.63) is 48.3 Å². The summed E-state index contributed by atoms with van der Waals surface area (Å²) in [4.78, 5) is 3.10. The molecular formula is C14H17N3O2S. The number of aromatic nitrogens is 1. The molecule has 106 valence electrons. The van der Waals surface area contributed by atoms with Crippen LogP contribution in [0.4, 0.5) is 5.69 Å². The third-order valence-corrected chi connectivity index (χ3v) is 5.27. The standard InChI is InChI=1S/C14H17N3O2S/c1-11-10-17(20(18,19)13-6-7-15-9-13)14-5-3-2-4-12(14)8-16-11/h2-7,9,11,15-16H,8,10H2,1H3. The van der Waals surface area contributed by atoms with Gasteiger partial charge in [-0.25, -0.2) is 8.42 Å². The zero-order valence-corrected chi connectivity index (χ0v) is 12.0. The summed E-state index contributed by atoms with van der Waals surface area (Å²) in [7, 11) is -3.53. The van der Waals surface area contributed by atoms with Crippen LogP contribution in [-0.4, -0.2) is 26.0 Å². The zero-order valence-electron chi connectivity index (χ0n) is 11.2. The molecule has 1 unspecified atom stereocenters. The molecule has 6 heteroatoms. The summed E-state index contributed by atoms with van der Waals surface area (Å²) in [5.74, 6) is 0. The van der Waals surface area contributed by atoms with Crippen molar-refractivity contribution in [3.8, 4) is 0 Å². The van der Waals surface area contributed by atoms with Gasteiger partial charge in [0, 0.05) is 31.5 Å². The lowest BCUT2D eigenvalue weighted by Crippen LogP contribution is -2.39. The largest absolute Gasteiger partial charge is 0.366 e. The fraction of sp³-hybridized carbons (Fsp3) is 0.286. The highest BCUT2D eigenvalue weighted by molar-refractivity contribution is 7.92. The molecule has 1 aliphatic heterocycles. The monoisotopic (exact) mass is 291 g/mol. The minimum absolute atomic E-state index is 0.0936. The molecule has 1 aromatic carbocycles. The van der Waals surface area contributed by atoms with Gasteiger partial charge in [0.15, 0.2) is 0 Å². The lowest BCUT2D eigenvalue weighted by molar-refractivity contribution is 0.556. The van der Waals surface area contributed by atoms with Crippen molar-refractivity contribution >= 4 is 15.7 Å². The van der Waals surface area contributed by atoms with Crippen LogP contribution in [0.3, 0.4) is 0 Å². The maximum atomic E-state index is 12.8.